The van der Waals surface area contributed by atoms with Gasteiger partial charge >= 0.3 is 0 Å². The lowest BCUT2D eigenvalue weighted by atomic mass is 9.99. The van der Waals surface area contributed by atoms with E-state index in [1.165, 1.54) is 31.3 Å². The first-order valence-corrected chi connectivity index (χ1v) is 12.6. The summed E-state index contributed by atoms with van der Waals surface area (Å²) in [6, 6.07) is 41.0. The van der Waals surface area contributed by atoms with Crippen LogP contribution in [0.2, 0.25) is 0 Å². The van der Waals surface area contributed by atoms with E-state index in [9.17, 15) is 0 Å². The van der Waals surface area contributed by atoms with E-state index in [0.717, 1.165) is 38.7 Å². The van der Waals surface area contributed by atoms with Crippen LogP contribution in [0.3, 0.4) is 0 Å². The molecule has 164 valence electrons. The SMILES string of the molecule is c1ccc(-n2c3ccccc3c3oc4cc(-c5cccc6sc7ccccc7c56)ccc4c32)cc1. The van der Waals surface area contributed by atoms with Gasteiger partial charge in [0.1, 0.15) is 11.1 Å². The van der Waals surface area contributed by atoms with Crippen molar-refractivity contribution in [2.24, 2.45) is 0 Å². The van der Waals surface area contributed by atoms with Crippen molar-refractivity contribution in [3.05, 3.63) is 115 Å². The third-order valence-electron chi connectivity index (χ3n) is 7.00. The highest BCUT2D eigenvalue weighted by Gasteiger charge is 2.20. The number of nitrogens with zero attached hydrogens (tertiary/aromatic N) is 1. The zero-order valence-electron chi connectivity index (χ0n) is 18.7. The summed E-state index contributed by atoms with van der Waals surface area (Å²) in [5.41, 5.74) is 7.71. The minimum absolute atomic E-state index is 0.916. The van der Waals surface area contributed by atoms with E-state index >= 15 is 0 Å². The van der Waals surface area contributed by atoms with Gasteiger partial charge in [0.2, 0.25) is 0 Å². The van der Waals surface area contributed by atoms with Gasteiger partial charge in [-0.15, -0.1) is 11.3 Å². The zero-order valence-corrected chi connectivity index (χ0v) is 19.5. The van der Waals surface area contributed by atoms with Crippen LogP contribution in [0.15, 0.2) is 120 Å². The van der Waals surface area contributed by atoms with Crippen molar-refractivity contribution in [3.63, 3.8) is 0 Å². The Hall–Kier alpha value is -4.34. The van der Waals surface area contributed by atoms with Crippen LogP contribution in [0.25, 0.3) is 70.0 Å². The van der Waals surface area contributed by atoms with Gasteiger partial charge in [-0.1, -0.05) is 66.7 Å². The fourth-order valence-corrected chi connectivity index (χ4v) is 6.63. The van der Waals surface area contributed by atoms with Gasteiger partial charge in [-0.25, -0.2) is 0 Å². The molecule has 0 amide bonds. The number of hydrogen-bond donors (Lipinski definition) is 0. The molecule has 0 fully saturated rings. The molecule has 3 aromatic heterocycles. The average Bonchev–Trinajstić information content (AvgIpc) is 3.57. The molecule has 0 unspecified atom stereocenters. The molecule has 35 heavy (non-hydrogen) atoms. The number of fused-ring (bicyclic) bond motifs is 8. The monoisotopic (exact) mass is 465 g/mol. The number of benzene rings is 5. The van der Waals surface area contributed by atoms with E-state index < -0.39 is 0 Å². The number of rotatable bonds is 2. The summed E-state index contributed by atoms with van der Waals surface area (Å²) in [5, 5.41) is 4.90. The summed E-state index contributed by atoms with van der Waals surface area (Å²) in [5.74, 6) is 0. The van der Waals surface area contributed by atoms with Crippen molar-refractivity contribution in [1.82, 2.24) is 4.57 Å². The van der Waals surface area contributed by atoms with Crippen LogP contribution in [0.4, 0.5) is 0 Å². The molecule has 2 nitrogen and oxygen atoms in total. The van der Waals surface area contributed by atoms with Crippen molar-refractivity contribution in [2.45, 2.75) is 0 Å². The Morgan fingerprint density at radius 3 is 2.29 bits per heavy atom. The molecule has 8 aromatic rings. The highest BCUT2D eigenvalue weighted by atomic mass is 32.1. The molecule has 0 aliphatic carbocycles. The lowest BCUT2D eigenvalue weighted by molar-refractivity contribution is 0.673. The third-order valence-corrected chi connectivity index (χ3v) is 8.14. The first kappa shape index (κ1) is 19.0. The van der Waals surface area contributed by atoms with Crippen LogP contribution in [0.1, 0.15) is 0 Å². The molecule has 0 N–H and O–H groups in total. The van der Waals surface area contributed by atoms with Crippen molar-refractivity contribution >= 4 is 64.5 Å². The van der Waals surface area contributed by atoms with E-state index in [2.05, 4.69) is 120 Å². The Kier molecular flexibility index (Phi) is 3.85. The largest absolute Gasteiger partial charge is 0.454 e. The van der Waals surface area contributed by atoms with Crippen LogP contribution in [0, 0.1) is 0 Å². The molecule has 3 heteroatoms. The lowest BCUT2D eigenvalue weighted by Crippen LogP contribution is -1.92. The van der Waals surface area contributed by atoms with Gasteiger partial charge < -0.3 is 8.98 Å². The highest BCUT2D eigenvalue weighted by Crippen LogP contribution is 2.43. The first-order valence-electron chi connectivity index (χ1n) is 11.8. The molecule has 5 aromatic carbocycles. The molecular formula is C32H19NOS. The third kappa shape index (κ3) is 2.64. The van der Waals surface area contributed by atoms with Gasteiger partial charge in [-0.05, 0) is 59.7 Å². The maximum Gasteiger partial charge on any atom is 0.161 e. The van der Waals surface area contributed by atoms with E-state index in [1.54, 1.807) is 0 Å². The van der Waals surface area contributed by atoms with E-state index in [-0.39, 0.29) is 0 Å². The fraction of sp³-hybridized carbons (Fsp3) is 0. The molecular weight excluding hydrogens is 446 g/mol. The molecule has 0 saturated heterocycles. The number of thiophene rings is 1. The second kappa shape index (κ2) is 7.08. The molecule has 0 bridgehead atoms. The minimum Gasteiger partial charge on any atom is -0.454 e. The van der Waals surface area contributed by atoms with Gasteiger partial charge in [-0.2, -0.15) is 0 Å². The summed E-state index contributed by atoms with van der Waals surface area (Å²) < 4.78 is 11.6. The Morgan fingerprint density at radius 1 is 0.600 bits per heavy atom. The molecule has 0 saturated carbocycles. The normalized spacial score (nSPS) is 12.0. The van der Waals surface area contributed by atoms with E-state index in [4.69, 9.17) is 4.42 Å². The summed E-state index contributed by atoms with van der Waals surface area (Å²) >= 11 is 1.85. The van der Waals surface area contributed by atoms with Gasteiger partial charge in [0, 0.05) is 36.6 Å². The van der Waals surface area contributed by atoms with E-state index in [1.807, 2.05) is 11.3 Å². The van der Waals surface area contributed by atoms with Crippen LogP contribution < -0.4 is 0 Å². The highest BCUT2D eigenvalue weighted by molar-refractivity contribution is 7.25. The standard InChI is InChI=1S/C32H19NOS/c1-2-9-21(10-3-1)33-26-14-6-4-11-23(26)32-31(33)24-18-17-20(19-27(24)34-32)22-13-8-16-29-30(22)25-12-5-7-15-28(25)35-29/h1-19H. The minimum atomic E-state index is 0.916. The first-order chi connectivity index (χ1) is 17.4. The fourth-order valence-electron chi connectivity index (χ4n) is 5.50. The van der Waals surface area contributed by atoms with E-state index in [0.29, 0.717) is 0 Å². The predicted octanol–water partition coefficient (Wildman–Crippen LogP) is 9.56. The zero-order chi connectivity index (χ0) is 22.9. The topological polar surface area (TPSA) is 18.1 Å². The summed E-state index contributed by atoms with van der Waals surface area (Å²) in [4.78, 5) is 0. The Balaban J connectivity index is 1.44. The molecule has 3 heterocycles. The van der Waals surface area contributed by atoms with Crippen molar-refractivity contribution < 1.29 is 4.42 Å². The van der Waals surface area contributed by atoms with Gasteiger partial charge in [0.25, 0.3) is 0 Å². The van der Waals surface area contributed by atoms with Crippen molar-refractivity contribution in [3.8, 4) is 16.8 Å². The summed E-state index contributed by atoms with van der Waals surface area (Å²) in [6.07, 6.45) is 0. The molecule has 0 aliphatic rings. The maximum atomic E-state index is 6.59. The number of furan rings is 1. The Bertz CT molecular complexity index is 2060. The lowest BCUT2D eigenvalue weighted by Gasteiger charge is -2.08. The van der Waals surface area contributed by atoms with Crippen LogP contribution in [-0.4, -0.2) is 4.57 Å². The maximum absolute atomic E-state index is 6.59. The molecule has 8 rings (SSSR count). The van der Waals surface area contributed by atoms with Crippen LogP contribution in [0.5, 0.6) is 0 Å². The summed E-state index contributed by atoms with van der Waals surface area (Å²) in [7, 11) is 0. The second-order valence-electron chi connectivity index (χ2n) is 8.96. The van der Waals surface area contributed by atoms with Gasteiger partial charge in [0.05, 0.1) is 5.52 Å². The van der Waals surface area contributed by atoms with Crippen molar-refractivity contribution in [1.29, 1.82) is 0 Å². The Morgan fingerprint density at radius 2 is 1.37 bits per heavy atom. The molecule has 0 radical (unpaired) electrons. The number of aromatic nitrogens is 1. The quantitative estimate of drug-likeness (QED) is 0.248. The molecule has 0 aliphatic heterocycles. The van der Waals surface area contributed by atoms with Crippen LogP contribution in [-0.2, 0) is 0 Å². The predicted molar refractivity (Wildman–Crippen MR) is 149 cm³/mol. The summed E-state index contributed by atoms with van der Waals surface area (Å²) in [6.45, 7) is 0. The Labute approximate surface area is 205 Å². The number of para-hydroxylation sites is 2. The van der Waals surface area contributed by atoms with Crippen molar-refractivity contribution in [2.75, 3.05) is 0 Å². The second-order valence-corrected chi connectivity index (χ2v) is 10.0. The average molecular weight is 466 g/mol. The van der Waals surface area contributed by atoms with Gasteiger partial charge in [0.15, 0.2) is 5.58 Å². The molecule has 0 spiro atoms. The number of hydrogen-bond acceptors (Lipinski definition) is 2. The smallest absolute Gasteiger partial charge is 0.161 e. The van der Waals surface area contributed by atoms with Gasteiger partial charge in [-0.3, -0.25) is 0 Å². The van der Waals surface area contributed by atoms with Crippen LogP contribution >= 0.6 is 11.3 Å². The molecule has 0 atom stereocenters.